The van der Waals surface area contributed by atoms with Crippen LogP contribution in [0.1, 0.15) is 20.8 Å². The highest BCUT2D eigenvalue weighted by atomic mass is 16.4. The number of aliphatic hydroxyl groups is 1. The molecule has 0 bridgehead atoms. The van der Waals surface area contributed by atoms with Gasteiger partial charge < -0.3 is 15.5 Å². The zero-order valence-electron chi connectivity index (χ0n) is 7.74. The largest absolute Gasteiger partial charge is 0.480 e. The van der Waals surface area contributed by atoms with Crippen LogP contribution in [0.15, 0.2) is 0 Å². The molecule has 0 saturated carbocycles. The first-order valence-corrected chi connectivity index (χ1v) is 4.09. The first kappa shape index (κ1) is 11.4. The molecule has 0 fully saturated rings. The highest BCUT2D eigenvalue weighted by Gasteiger charge is 2.20. The van der Waals surface area contributed by atoms with Crippen LogP contribution in [0.4, 0.5) is 0 Å². The van der Waals surface area contributed by atoms with E-state index in [-0.39, 0.29) is 5.92 Å². The molecule has 0 aromatic rings. The molecule has 0 aliphatic carbocycles. The van der Waals surface area contributed by atoms with E-state index >= 15 is 0 Å². The van der Waals surface area contributed by atoms with Gasteiger partial charge in [0, 0.05) is 6.54 Å². The van der Waals surface area contributed by atoms with Crippen molar-refractivity contribution in [2.75, 3.05) is 6.54 Å². The van der Waals surface area contributed by atoms with Crippen LogP contribution in [-0.2, 0) is 4.79 Å². The number of aliphatic carboxylic acids is 1. The van der Waals surface area contributed by atoms with Gasteiger partial charge in [-0.05, 0) is 12.8 Å². The summed E-state index contributed by atoms with van der Waals surface area (Å²) in [5.41, 5.74) is 0. The fourth-order valence-corrected chi connectivity index (χ4v) is 0.906. The maximum atomic E-state index is 10.6. The second-order valence-electron chi connectivity index (χ2n) is 3.32. The van der Waals surface area contributed by atoms with Gasteiger partial charge in [0.2, 0.25) is 0 Å². The van der Waals surface area contributed by atoms with E-state index in [0.29, 0.717) is 6.54 Å². The Labute approximate surface area is 72.6 Å². The minimum Gasteiger partial charge on any atom is -0.480 e. The van der Waals surface area contributed by atoms with Crippen LogP contribution >= 0.6 is 0 Å². The van der Waals surface area contributed by atoms with Crippen LogP contribution in [0.2, 0.25) is 0 Å². The average Bonchev–Trinajstić information content (AvgIpc) is 1.84. The summed E-state index contributed by atoms with van der Waals surface area (Å²) in [6.45, 7) is 5.59. The number of aliphatic hydroxyl groups excluding tert-OH is 1. The fraction of sp³-hybridized carbons (Fsp3) is 0.875. The number of hydrogen-bond donors (Lipinski definition) is 3. The lowest BCUT2D eigenvalue weighted by Gasteiger charge is -2.18. The summed E-state index contributed by atoms with van der Waals surface area (Å²) in [6, 6.07) is -0.570. The van der Waals surface area contributed by atoms with Crippen molar-refractivity contribution in [3.05, 3.63) is 0 Å². The predicted molar refractivity (Wildman–Crippen MR) is 45.9 cm³/mol. The summed E-state index contributed by atoms with van der Waals surface area (Å²) < 4.78 is 0. The van der Waals surface area contributed by atoms with Gasteiger partial charge in [0.25, 0.3) is 0 Å². The van der Waals surface area contributed by atoms with E-state index in [0.717, 1.165) is 0 Å². The van der Waals surface area contributed by atoms with Crippen LogP contribution in [-0.4, -0.2) is 34.9 Å². The molecule has 0 aromatic heterocycles. The normalized spacial score (nSPS) is 16.1. The molecule has 0 saturated heterocycles. The Kier molecular flexibility index (Phi) is 4.85. The molecule has 2 unspecified atom stereocenters. The lowest BCUT2D eigenvalue weighted by molar-refractivity contribution is -0.140. The van der Waals surface area contributed by atoms with Crippen LogP contribution in [0.5, 0.6) is 0 Å². The molecule has 2 atom stereocenters. The van der Waals surface area contributed by atoms with Crippen molar-refractivity contribution in [3.8, 4) is 0 Å². The molecule has 12 heavy (non-hydrogen) atoms. The molecule has 0 aliphatic rings. The van der Waals surface area contributed by atoms with Gasteiger partial charge in [0.15, 0.2) is 0 Å². The van der Waals surface area contributed by atoms with Gasteiger partial charge in [-0.1, -0.05) is 13.8 Å². The molecule has 0 amide bonds. The molecule has 4 heteroatoms. The smallest absolute Gasteiger partial charge is 0.320 e. The van der Waals surface area contributed by atoms with E-state index in [1.165, 1.54) is 0 Å². The van der Waals surface area contributed by atoms with Crippen molar-refractivity contribution in [1.29, 1.82) is 0 Å². The number of carboxylic acids is 1. The van der Waals surface area contributed by atoms with Gasteiger partial charge in [-0.2, -0.15) is 0 Å². The molecule has 0 aliphatic heterocycles. The Hall–Kier alpha value is -0.610. The van der Waals surface area contributed by atoms with Gasteiger partial charge in [-0.15, -0.1) is 0 Å². The van der Waals surface area contributed by atoms with E-state index in [9.17, 15) is 4.79 Å². The Bertz CT molecular complexity index is 145. The number of carbonyl (C=O) groups is 1. The summed E-state index contributed by atoms with van der Waals surface area (Å²) in [6.07, 6.45) is -0.509. The number of nitrogens with one attached hydrogen (secondary N) is 1. The summed E-state index contributed by atoms with van der Waals surface area (Å²) in [7, 11) is 0. The molecular formula is C8H17NO3. The van der Waals surface area contributed by atoms with Crippen molar-refractivity contribution >= 4 is 5.97 Å². The van der Waals surface area contributed by atoms with Crippen molar-refractivity contribution in [2.24, 2.45) is 5.92 Å². The van der Waals surface area contributed by atoms with Gasteiger partial charge >= 0.3 is 5.97 Å². The van der Waals surface area contributed by atoms with E-state index in [1.807, 2.05) is 13.8 Å². The zero-order valence-corrected chi connectivity index (χ0v) is 7.74. The molecule has 4 nitrogen and oxygen atoms in total. The predicted octanol–water partition coefficient (Wildman–Crippen LogP) is 0.0660. The van der Waals surface area contributed by atoms with Gasteiger partial charge in [0.05, 0.1) is 6.10 Å². The maximum absolute atomic E-state index is 10.6. The zero-order chi connectivity index (χ0) is 9.72. The minimum atomic E-state index is -0.870. The van der Waals surface area contributed by atoms with Crippen LogP contribution in [0.3, 0.4) is 0 Å². The van der Waals surface area contributed by atoms with E-state index in [2.05, 4.69) is 5.32 Å². The molecule has 0 radical (unpaired) electrons. The summed E-state index contributed by atoms with van der Waals surface area (Å²) in [5, 5.41) is 20.4. The highest BCUT2D eigenvalue weighted by molar-refractivity contribution is 5.73. The van der Waals surface area contributed by atoms with Gasteiger partial charge in [-0.3, -0.25) is 4.79 Å². The second kappa shape index (κ2) is 5.11. The highest BCUT2D eigenvalue weighted by Crippen LogP contribution is 2.01. The first-order valence-electron chi connectivity index (χ1n) is 4.09. The first-order chi connectivity index (χ1) is 5.45. The van der Waals surface area contributed by atoms with Gasteiger partial charge in [-0.25, -0.2) is 0 Å². The fourth-order valence-electron chi connectivity index (χ4n) is 0.906. The standard InChI is InChI=1S/C8H17NO3/c1-5(2)7(8(11)12)9-4-6(3)10/h5-7,9-10H,4H2,1-3H3,(H,11,12). The molecule has 0 heterocycles. The van der Waals surface area contributed by atoms with Crippen LogP contribution in [0.25, 0.3) is 0 Å². The van der Waals surface area contributed by atoms with Crippen LogP contribution < -0.4 is 5.32 Å². The Balaban J connectivity index is 3.88. The van der Waals surface area contributed by atoms with Crippen LogP contribution in [0, 0.1) is 5.92 Å². The monoisotopic (exact) mass is 175 g/mol. The third-order valence-electron chi connectivity index (χ3n) is 1.57. The van der Waals surface area contributed by atoms with E-state index in [1.54, 1.807) is 6.92 Å². The lowest BCUT2D eigenvalue weighted by atomic mass is 10.0. The average molecular weight is 175 g/mol. The lowest BCUT2D eigenvalue weighted by Crippen LogP contribution is -2.43. The van der Waals surface area contributed by atoms with Gasteiger partial charge in [0.1, 0.15) is 6.04 Å². The third-order valence-corrected chi connectivity index (χ3v) is 1.57. The van der Waals surface area contributed by atoms with Crippen molar-refractivity contribution < 1.29 is 15.0 Å². The summed E-state index contributed by atoms with van der Waals surface area (Å²) >= 11 is 0. The molecule has 0 rings (SSSR count). The Morgan fingerprint density at radius 1 is 1.42 bits per heavy atom. The molecule has 3 N–H and O–H groups in total. The third kappa shape index (κ3) is 4.31. The number of hydrogen-bond acceptors (Lipinski definition) is 3. The quantitative estimate of drug-likeness (QED) is 0.553. The molecule has 72 valence electrons. The van der Waals surface area contributed by atoms with Crippen molar-refractivity contribution in [3.63, 3.8) is 0 Å². The Morgan fingerprint density at radius 3 is 2.17 bits per heavy atom. The molecule has 0 spiro atoms. The van der Waals surface area contributed by atoms with E-state index < -0.39 is 18.1 Å². The number of rotatable bonds is 5. The summed E-state index contributed by atoms with van der Waals surface area (Å²) in [5.74, 6) is -0.841. The summed E-state index contributed by atoms with van der Waals surface area (Å²) in [4.78, 5) is 10.6. The SMILES string of the molecule is CC(O)CNC(C(=O)O)C(C)C. The minimum absolute atomic E-state index is 0.0289. The number of carboxylic acid groups (broad SMARTS) is 1. The topological polar surface area (TPSA) is 69.6 Å². The second-order valence-corrected chi connectivity index (χ2v) is 3.32. The molecule has 0 aromatic carbocycles. The van der Waals surface area contributed by atoms with Crippen molar-refractivity contribution in [2.45, 2.75) is 32.9 Å². The maximum Gasteiger partial charge on any atom is 0.320 e. The molecular weight excluding hydrogens is 158 g/mol. The van der Waals surface area contributed by atoms with Crippen molar-refractivity contribution in [1.82, 2.24) is 5.32 Å². The Morgan fingerprint density at radius 2 is 1.92 bits per heavy atom. The van der Waals surface area contributed by atoms with E-state index in [4.69, 9.17) is 10.2 Å².